The SMILES string of the molecule is Cc1cc(C(=O)N2CCCC(C)C2)ccc1NC(=O)CC1COCCN1. The topological polar surface area (TPSA) is 70.7 Å². The molecule has 26 heavy (non-hydrogen) atoms. The minimum atomic E-state index is -0.0416. The number of aryl methyl sites for hydroxylation is 1. The predicted molar refractivity (Wildman–Crippen MR) is 101 cm³/mol. The largest absolute Gasteiger partial charge is 0.378 e. The maximum Gasteiger partial charge on any atom is 0.253 e. The number of piperidine rings is 1. The molecule has 2 saturated heterocycles. The molecule has 0 spiro atoms. The quantitative estimate of drug-likeness (QED) is 0.864. The molecule has 3 rings (SSSR count). The number of carbonyl (C=O) groups is 2. The highest BCUT2D eigenvalue weighted by atomic mass is 16.5. The number of hydrogen-bond acceptors (Lipinski definition) is 4. The summed E-state index contributed by atoms with van der Waals surface area (Å²) < 4.78 is 5.38. The fraction of sp³-hybridized carbons (Fsp3) is 0.600. The normalized spacial score (nSPS) is 23.5. The molecular weight excluding hydrogens is 330 g/mol. The van der Waals surface area contributed by atoms with Gasteiger partial charge in [-0.25, -0.2) is 0 Å². The number of nitrogens with zero attached hydrogens (tertiary/aromatic N) is 1. The van der Waals surface area contributed by atoms with Crippen molar-refractivity contribution < 1.29 is 14.3 Å². The van der Waals surface area contributed by atoms with Gasteiger partial charge >= 0.3 is 0 Å². The molecule has 0 bridgehead atoms. The maximum atomic E-state index is 12.7. The highest BCUT2D eigenvalue weighted by Crippen LogP contribution is 2.21. The molecule has 6 nitrogen and oxygen atoms in total. The van der Waals surface area contributed by atoms with Crippen molar-refractivity contribution >= 4 is 17.5 Å². The van der Waals surface area contributed by atoms with Crippen LogP contribution in [0.3, 0.4) is 0 Å². The highest BCUT2D eigenvalue weighted by Gasteiger charge is 2.22. The zero-order chi connectivity index (χ0) is 18.5. The van der Waals surface area contributed by atoms with Gasteiger partial charge in [-0.2, -0.15) is 0 Å². The van der Waals surface area contributed by atoms with Crippen LogP contribution in [-0.4, -0.2) is 55.6 Å². The number of amides is 2. The van der Waals surface area contributed by atoms with Gasteiger partial charge < -0.3 is 20.3 Å². The van der Waals surface area contributed by atoms with Crippen LogP contribution in [0.25, 0.3) is 0 Å². The molecular formula is C20H29N3O3. The van der Waals surface area contributed by atoms with E-state index in [0.29, 0.717) is 31.1 Å². The summed E-state index contributed by atoms with van der Waals surface area (Å²) in [6.07, 6.45) is 2.64. The first kappa shape index (κ1) is 18.9. The predicted octanol–water partition coefficient (Wildman–Crippen LogP) is 2.18. The smallest absolute Gasteiger partial charge is 0.253 e. The lowest BCUT2D eigenvalue weighted by Gasteiger charge is -2.31. The van der Waals surface area contributed by atoms with Crippen molar-refractivity contribution in [3.05, 3.63) is 29.3 Å². The Hall–Kier alpha value is -1.92. The number of anilines is 1. The van der Waals surface area contributed by atoms with Crippen LogP contribution in [0.2, 0.25) is 0 Å². The second kappa shape index (κ2) is 8.64. The van der Waals surface area contributed by atoms with Gasteiger partial charge in [0.05, 0.1) is 13.2 Å². The summed E-state index contributed by atoms with van der Waals surface area (Å²) in [4.78, 5) is 26.9. The Morgan fingerprint density at radius 1 is 1.38 bits per heavy atom. The van der Waals surface area contributed by atoms with Crippen LogP contribution in [0.5, 0.6) is 0 Å². The molecule has 1 aromatic rings. The Morgan fingerprint density at radius 3 is 2.92 bits per heavy atom. The summed E-state index contributed by atoms with van der Waals surface area (Å²) in [7, 11) is 0. The zero-order valence-electron chi connectivity index (χ0n) is 15.7. The van der Waals surface area contributed by atoms with E-state index in [1.165, 1.54) is 6.42 Å². The molecule has 2 aliphatic heterocycles. The number of ether oxygens (including phenoxy) is 1. The fourth-order valence-electron chi connectivity index (χ4n) is 3.67. The van der Waals surface area contributed by atoms with E-state index in [2.05, 4.69) is 17.6 Å². The molecule has 2 heterocycles. The molecule has 0 aliphatic carbocycles. The molecule has 0 radical (unpaired) electrons. The van der Waals surface area contributed by atoms with Crippen LogP contribution in [-0.2, 0) is 9.53 Å². The minimum Gasteiger partial charge on any atom is -0.378 e. The summed E-state index contributed by atoms with van der Waals surface area (Å²) >= 11 is 0. The van der Waals surface area contributed by atoms with Crippen LogP contribution >= 0.6 is 0 Å². The van der Waals surface area contributed by atoms with Crippen molar-refractivity contribution in [3.63, 3.8) is 0 Å². The van der Waals surface area contributed by atoms with Gasteiger partial charge in [0.1, 0.15) is 0 Å². The van der Waals surface area contributed by atoms with E-state index in [1.807, 2.05) is 30.0 Å². The van der Waals surface area contributed by atoms with Crippen molar-refractivity contribution in [2.75, 3.05) is 38.2 Å². The monoisotopic (exact) mass is 359 g/mol. The summed E-state index contributed by atoms with van der Waals surface area (Å²) in [5.41, 5.74) is 2.36. The summed E-state index contributed by atoms with van der Waals surface area (Å²) in [5, 5.41) is 6.23. The Morgan fingerprint density at radius 2 is 2.23 bits per heavy atom. The van der Waals surface area contributed by atoms with Gasteiger partial charge in [0.2, 0.25) is 5.91 Å². The maximum absolute atomic E-state index is 12.7. The average molecular weight is 359 g/mol. The number of hydrogen-bond donors (Lipinski definition) is 2. The standard InChI is InChI=1S/C20H29N3O3/c1-14-4-3-8-23(12-14)20(25)16-5-6-18(15(2)10-16)22-19(24)11-17-13-26-9-7-21-17/h5-6,10,14,17,21H,3-4,7-9,11-13H2,1-2H3,(H,22,24). The van der Waals surface area contributed by atoms with Gasteiger partial charge in [-0.15, -0.1) is 0 Å². The van der Waals surface area contributed by atoms with Crippen molar-refractivity contribution in [3.8, 4) is 0 Å². The number of benzene rings is 1. The van der Waals surface area contributed by atoms with Crippen LogP contribution in [0.1, 0.15) is 42.1 Å². The lowest BCUT2D eigenvalue weighted by atomic mass is 9.99. The third-order valence-electron chi connectivity index (χ3n) is 5.12. The summed E-state index contributed by atoms with van der Waals surface area (Å²) in [6.45, 7) is 7.81. The third-order valence-corrected chi connectivity index (χ3v) is 5.12. The molecule has 142 valence electrons. The van der Waals surface area contributed by atoms with E-state index < -0.39 is 0 Å². The minimum absolute atomic E-state index is 0.0416. The highest BCUT2D eigenvalue weighted by molar-refractivity contribution is 5.96. The van der Waals surface area contributed by atoms with Crippen LogP contribution in [0, 0.1) is 12.8 Å². The van der Waals surface area contributed by atoms with Gasteiger partial charge in [0, 0.05) is 43.3 Å². The van der Waals surface area contributed by atoms with Gasteiger partial charge in [0.25, 0.3) is 5.91 Å². The van der Waals surface area contributed by atoms with Crippen molar-refractivity contribution in [2.24, 2.45) is 5.92 Å². The van der Waals surface area contributed by atoms with Crippen molar-refractivity contribution in [1.29, 1.82) is 0 Å². The molecule has 0 aromatic heterocycles. The van der Waals surface area contributed by atoms with Crippen LogP contribution in [0.15, 0.2) is 18.2 Å². The van der Waals surface area contributed by atoms with Gasteiger partial charge in [-0.3, -0.25) is 9.59 Å². The van der Waals surface area contributed by atoms with Gasteiger partial charge in [0.15, 0.2) is 0 Å². The third kappa shape index (κ3) is 4.83. The van der Waals surface area contributed by atoms with E-state index >= 15 is 0 Å². The Bertz CT molecular complexity index is 656. The molecule has 2 unspecified atom stereocenters. The summed E-state index contributed by atoms with van der Waals surface area (Å²) in [6, 6.07) is 5.58. The molecule has 2 atom stereocenters. The molecule has 2 aliphatic rings. The fourth-order valence-corrected chi connectivity index (χ4v) is 3.67. The Kier molecular flexibility index (Phi) is 6.27. The summed E-state index contributed by atoms with van der Waals surface area (Å²) in [5.74, 6) is 0.603. The zero-order valence-corrected chi connectivity index (χ0v) is 15.7. The molecule has 2 amide bonds. The first-order valence-corrected chi connectivity index (χ1v) is 9.54. The molecule has 0 saturated carbocycles. The molecule has 1 aromatic carbocycles. The lowest BCUT2D eigenvalue weighted by Crippen LogP contribution is -2.43. The van der Waals surface area contributed by atoms with E-state index in [-0.39, 0.29) is 17.9 Å². The number of morpholine rings is 1. The average Bonchev–Trinajstić information content (AvgIpc) is 2.63. The van der Waals surface area contributed by atoms with Crippen molar-refractivity contribution in [1.82, 2.24) is 10.2 Å². The van der Waals surface area contributed by atoms with E-state index in [4.69, 9.17) is 4.74 Å². The van der Waals surface area contributed by atoms with E-state index in [9.17, 15) is 9.59 Å². The molecule has 2 fully saturated rings. The second-order valence-electron chi connectivity index (χ2n) is 7.51. The van der Waals surface area contributed by atoms with Crippen LogP contribution in [0.4, 0.5) is 5.69 Å². The first-order valence-electron chi connectivity index (χ1n) is 9.54. The number of carbonyl (C=O) groups excluding carboxylic acids is 2. The number of likely N-dealkylation sites (tertiary alicyclic amines) is 1. The Balaban J connectivity index is 1.59. The lowest BCUT2D eigenvalue weighted by molar-refractivity contribution is -0.117. The van der Waals surface area contributed by atoms with Gasteiger partial charge in [-0.1, -0.05) is 6.92 Å². The molecule has 6 heteroatoms. The number of nitrogens with one attached hydrogen (secondary N) is 2. The van der Waals surface area contributed by atoms with Gasteiger partial charge in [-0.05, 0) is 49.4 Å². The van der Waals surface area contributed by atoms with E-state index in [0.717, 1.165) is 37.3 Å². The van der Waals surface area contributed by atoms with Crippen molar-refractivity contribution in [2.45, 2.75) is 39.2 Å². The first-order chi connectivity index (χ1) is 12.5. The number of rotatable bonds is 4. The second-order valence-corrected chi connectivity index (χ2v) is 7.51. The van der Waals surface area contributed by atoms with E-state index in [1.54, 1.807) is 0 Å². The van der Waals surface area contributed by atoms with Crippen LogP contribution < -0.4 is 10.6 Å². The molecule has 2 N–H and O–H groups in total. The Labute approximate surface area is 155 Å².